The fourth-order valence-electron chi connectivity index (χ4n) is 2.14. The van der Waals surface area contributed by atoms with Gasteiger partial charge in [-0.3, -0.25) is 0 Å². The molecule has 1 atom stereocenters. The van der Waals surface area contributed by atoms with Crippen LogP contribution in [0.3, 0.4) is 0 Å². The molecule has 0 saturated heterocycles. The molecule has 2 rings (SSSR count). The van der Waals surface area contributed by atoms with Gasteiger partial charge >= 0.3 is 0 Å². The summed E-state index contributed by atoms with van der Waals surface area (Å²) in [6.45, 7) is 7.30. The van der Waals surface area contributed by atoms with Gasteiger partial charge in [0.25, 0.3) is 0 Å². The zero-order valence-electron chi connectivity index (χ0n) is 11.0. The summed E-state index contributed by atoms with van der Waals surface area (Å²) >= 11 is 3.36. The van der Waals surface area contributed by atoms with Crippen LogP contribution in [-0.2, 0) is 0 Å². The summed E-state index contributed by atoms with van der Waals surface area (Å²) < 4.78 is 6.47. The summed E-state index contributed by atoms with van der Waals surface area (Å²) in [5, 5.41) is 3.48. The summed E-state index contributed by atoms with van der Waals surface area (Å²) in [4.78, 5) is 0. The zero-order valence-corrected chi connectivity index (χ0v) is 12.5. The Labute approximate surface area is 117 Å². The van der Waals surface area contributed by atoms with Crippen LogP contribution in [-0.4, -0.2) is 6.54 Å². The van der Waals surface area contributed by atoms with Gasteiger partial charge in [0, 0.05) is 0 Å². The van der Waals surface area contributed by atoms with Crippen molar-refractivity contribution in [3.8, 4) is 0 Å². The third-order valence-corrected chi connectivity index (χ3v) is 3.67. The molecular weight excluding hydrogens is 290 g/mol. The van der Waals surface area contributed by atoms with Gasteiger partial charge in [0.15, 0.2) is 4.67 Å². The Balaban J connectivity index is 2.44. The molecule has 0 aliphatic heterocycles. The van der Waals surface area contributed by atoms with Crippen LogP contribution in [0.4, 0.5) is 0 Å². The third kappa shape index (κ3) is 2.68. The standard InChI is InChI=1S/C15H18BrNO/c1-4-17-15(13-8-9-14(16)18-13)12-7-5-6-10(2)11(12)3/h5-9,15,17H,4H2,1-3H3. The van der Waals surface area contributed by atoms with Crippen LogP contribution in [0.25, 0.3) is 0 Å². The van der Waals surface area contributed by atoms with E-state index >= 15 is 0 Å². The van der Waals surface area contributed by atoms with Crippen LogP contribution < -0.4 is 5.32 Å². The first kappa shape index (κ1) is 13.4. The fourth-order valence-corrected chi connectivity index (χ4v) is 2.46. The molecule has 0 bridgehead atoms. The Bertz CT molecular complexity index is 533. The second-order valence-electron chi connectivity index (χ2n) is 4.42. The van der Waals surface area contributed by atoms with E-state index in [0.29, 0.717) is 0 Å². The largest absolute Gasteiger partial charge is 0.452 e. The molecule has 3 heteroatoms. The first-order chi connectivity index (χ1) is 8.63. The van der Waals surface area contributed by atoms with Crippen LogP contribution >= 0.6 is 15.9 Å². The first-order valence-electron chi connectivity index (χ1n) is 6.18. The lowest BCUT2D eigenvalue weighted by Crippen LogP contribution is -2.22. The Kier molecular flexibility index (Phi) is 4.25. The van der Waals surface area contributed by atoms with Crippen molar-refractivity contribution in [1.82, 2.24) is 5.32 Å². The molecular formula is C15H18BrNO. The summed E-state index contributed by atoms with van der Waals surface area (Å²) in [5.74, 6) is 0.942. The quantitative estimate of drug-likeness (QED) is 0.908. The average molecular weight is 308 g/mol. The minimum absolute atomic E-state index is 0.112. The molecule has 0 saturated carbocycles. The molecule has 0 spiro atoms. The highest BCUT2D eigenvalue weighted by atomic mass is 79.9. The minimum Gasteiger partial charge on any atom is -0.452 e. The number of aryl methyl sites for hydroxylation is 1. The zero-order chi connectivity index (χ0) is 13.1. The maximum Gasteiger partial charge on any atom is 0.169 e. The van der Waals surface area contributed by atoms with E-state index in [1.165, 1.54) is 16.7 Å². The van der Waals surface area contributed by atoms with Crippen LogP contribution in [0, 0.1) is 13.8 Å². The summed E-state index contributed by atoms with van der Waals surface area (Å²) in [6.07, 6.45) is 0. The Morgan fingerprint density at radius 2 is 2.00 bits per heavy atom. The van der Waals surface area contributed by atoms with Crippen LogP contribution in [0.2, 0.25) is 0 Å². The molecule has 2 nitrogen and oxygen atoms in total. The highest BCUT2D eigenvalue weighted by Crippen LogP contribution is 2.29. The van der Waals surface area contributed by atoms with Crippen molar-refractivity contribution in [1.29, 1.82) is 0 Å². The van der Waals surface area contributed by atoms with Crippen molar-refractivity contribution in [3.63, 3.8) is 0 Å². The van der Waals surface area contributed by atoms with Crippen molar-refractivity contribution in [3.05, 3.63) is 57.5 Å². The first-order valence-corrected chi connectivity index (χ1v) is 6.97. The summed E-state index contributed by atoms with van der Waals surface area (Å²) in [7, 11) is 0. The average Bonchev–Trinajstić information content (AvgIpc) is 2.77. The minimum atomic E-state index is 0.112. The van der Waals surface area contributed by atoms with E-state index in [2.05, 4.69) is 60.2 Å². The van der Waals surface area contributed by atoms with Crippen LogP contribution in [0.1, 0.15) is 35.4 Å². The lowest BCUT2D eigenvalue weighted by molar-refractivity contribution is 0.436. The van der Waals surface area contributed by atoms with Gasteiger partial charge in [-0.05, 0) is 65.1 Å². The molecule has 1 unspecified atom stereocenters. The number of furan rings is 1. The molecule has 96 valence electrons. The van der Waals surface area contributed by atoms with E-state index in [9.17, 15) is 0 Å². The predicted molar refractivity (Wildman–Crippen MR) is 77.8 cm³/mol. The number of hydrogen-bond acceptors (Lipinski definition) is 2. The monoisotopic (exact) mass is 307 g/mol. The number of hydrogen-bond donors (Lipinski definition) is 1. The smallest absolute Gasteiger partial charge is 0.169 e. The van der Waals surface area contributed by atoms with Crippen molar-refractivity contribution in [2.24, 2.45) is 0 Å². The van der Waals surface area contributed by atoms with E-state index in [0.717, 1.165) is 17.0 Å². The lowest BCUT2D eigenvalue weighted by atomic mass is 9.96. The number of benzene rings is 1. The molecule has 0 amide bonds. The Hall–Kier alpha value is -1.06. The second-order valence-corrected chi connectivity index (χ2v) is 5.20. The third-order valence-electron chi connectivity index (χ3n) is 3.24. The summed E-state index contributed by atoms with van der Waals surface area (Å²) in [5.41, 5.74) is 3.90. The molecule has 0 aliphatic rings. The van der Waals surface area contributed by atoms with Crippen molar-refractivity contribution < 1.29 is 4.42 Å². The lowest BCUT2D eigenvalue weighted by Gasteiger charge is -2.19. The van der Waals surface area contributed by atoms with Gasteiger partial charge in [0.1, 0.15) is 5.76 Å². The van der Waals surface area contributed by atoms with Crippen LogP contribution in [0.15, 0.2) is 39.4 Å². The van der Waals surface area contributed by atoms with Gasteiger partial charge in [-0.1, -0.05) is 25.1 Å². The van der Waals surface area contributed by atoms with Crippen molar-refractivity contribution in [2.75, 3.05) is 6.54 Å². The molecule has 18 heavy (non-hydrogen) atoms. The van der Waals surface area contributed by atoms with Gasteiger partial charge in [-0.2, -0.15) is 0 Å². The SMILES string of the molecule is CCNC(c1ccc(Br)o1)c1cccc(C)c1C. The molecule has 1 heterocycles. The molecule has 0 aliphatic carbocycles. The van der Waals surface area contributed by atoms with Gasteiger partial charge in [-0.15, -0.1) is 0 Å². The molecule has 1 aromatic heterocycles. The second kappa shape index (κ2) is 5.72. The van der Waals surface area contributed by atoms with Crippen molar-refractivity contribution >= 4 is 15.9 Å². The van der Waals surface area contributed by atoms with E-state index < -0.39 is 0 Å². The maximum absolute atomic E-state index is 5.70. The van der Waals surface area contributed by atoms with Gasteiger partial charge < -0.3 is 9.73 Å². The van der Waals surface area contributed by atoms with Gasteiger partial charge in [-0.25, -0.2) is 0 Å². The van der Waals surface area contributed by atoms with Gasteiger partial charge in [0.2, 0.25) is 0 Å². The number of nitrogens with one attached hydrogen (secondary N) is 1. The number of rotatable bonds is 4. The predicted octanol–water partition coefficient (Wildman–Crippen LogP) is 4.36. The molecule has 1 N–H and O–H groups in total. The highest BCUT2D eigenvalue weighted by Gasteiger charge is 2.18. The summed E-state index contributed by atoms with van der Waals surface area (Å²) in [6, 6.07) is 10.5. The Morgan fingerprint density at radius 3 is 2.61 bits per heavy atom. The van der Waals surface area contributed by atoms with E-state index in [4.69, 9.17) is 4.42 Å². The molecule has 1 aromatic carbocycles. The highest BCUT2D eigenvalue weighted by molar-refractivity contribution is 9.10. The van der Waals surface area contributed by atoms with Gasteiger partial charge in [0.05, 0.1) is 6.04 Å². The maximum atomic E-state index is 5.70. The topological polar surface area (TPSA) is 25.2 Å². The van der Waals surface area contributed by atoms with Crippen molar-refractivity contribution in [2.45, 2.75) is 26.8 Å². The fraction of sp³-hybridized carbons (Fsp3) is 0.333. The normalized spacial score (nSPS) is 12.7. The van der Waals surface area contributed by atoms with E-state index in [-0.39, 0.29) is 6.04 Å². The van der Waals surface area contributed by atoms with E-state index in [1.54, 1.807) is 0 Å². The molecule has 2 aromatic rings. The Morgan fingerprint density at radius 1 is 1.22 bits per heavy atom. The van der Waals surface area contributed by atoms with E-state index in [1.807, 2.05) is 12.1 Å². The van der Waals surface area contributed by atoms with Crippen LogP contribution in [0.5, 0.6) is 0 Å². The number of halogens is 1. The molecule has 0 radical (unpaired) electrons. The molecule has 0 fully saturated rings.